The zero-order valence-corrected chi connectivity index (χ0v) is 22.1. The molecular formula is C27H43N5O2. The van der Waals surface area contributed by atoms with Gasteiger partial charge in [0.05, 0.1) is 25.3 Å². The van der Waals surface area contributed by atoms with Crippen LogP contribution in [0.15, 0.2) is 18.3 Å². The molecule has 2 aromatic heterocycles. The van der Waals surface area contributed by atoms with Crippen LogP contribution < -0.4 is 10.6 Å². The molecule has 2 fully saturated rings. The molecule has 2 N–H and O–H groups in total. The Hall–Kier alpha value is -2.12. The Morgan fingerprint density at radius 1 is 1.00 bits per heavy atom. The van der Waals surface area contributed by atoms with Crippen molar-refractivity contribution in [2.45, 2.75) is 83.7 Å². The summed E-state index contributed by atoms with van der Waals surface area (Å²) in [7, 11) is 2.03. The highest BCUT2D eigenvalue weighted by Crippen LogP contribution is 2.37. The van der Waals surface area contributed by atoms with Gasteiger partial charge in [-0.25, -0.2) is 4.98 Å². The number of rotatable bonds is 7. The van der Waals surface area contributed by atoms with E-state index >= 15 is 0 Å². The highest BCUT2D eigenvalue weighted by molar-refractivity contribution is 5.45. The quantitative estimate of drug-likeness (QED) is 0.606. The van der Waals surface area contributed by atoms with E-state index in [-0.39, 0.29) is 16.9 Å². The number of nitrogens with zero attached hydrogens (tertiary/aromatic N) is 3. The van der Waals surface area contributed by atoms with Crippen LogP contribution in [0.1, 0.15) is 70.7 Å². The molecule has 34 heavy (non-hydrogen) atoms. The third-order valence-corrected chi connectivity index (χ3v) is 7.37. The van der Waals surface area contributed by atoms with Gasteiger partial charge in [-0.15, -0.1) is 0 Å². The second-order valence-electron chi connectivity index (χ2n) is 11.8. The van der Waals surface area contributed by atoms with Gasteiger partial charge in [0, 0.05) is 43.6 Å². The van der Waals surface area contributed by atoms with Crippen LogP contribution in [0, 0.1) is 12.8 Å². The van der Waals surface area contributed by atoms with Crippen molar-refractivity contribution in [3.05, 3.63) is 35.2 Å². The lowest BCUT2D eigenvalue weighted by atomic mass is 9.73. The summed E-state index contributed by atoms with van der Waals surface area (Å²) in [5.41, 5.74) is 3.90. The fourth-order valence-electron chi connectivity index (χ4n) is 5.57. The molecule has 7 heteroatoms. The Balaban J connectivity index is 1.49. The first-order valence-electron chi connectivity index (χ1n) is 12.7. The summed E-state index contributed by atoms with van der Waals surface area (Å²) in [6, 6.07) is 5.04. The molecule has 0 aromatic carbocycles. The molecule has 0 aliphatic carbocycles. The number of anilines is 2. The van der Waals surface area contributed by atoms with E-state index in [0.29, 0.717) is 18.6 Å². The molecule has 0 spiro atoms. The van der Waals surface area contributed by atoms with Gasteiger partial charge in [-0.2, -0.15) is 5.10 Å². The van der Waals surface area contributed by atoms with Gasteiger partial charge in [-0.1, -0.05) is 34.6 Å². The molecule has 2 aliphatic heterocycles. The first-order valence-corrected chi connectivity index (χ1v) is 12.7. The Kier molecular flexibility index (Phi) is 7.25. The molecule has 2 saturated heterocycles. The normalized spacial score (nSPS) is 23.8. The van der Waals surface area contributed by atoms with Gasteiger partial charge in [0.2, 0.25) is 0 Å². The molecule has 0 saturated carbocycles. The molecule has 2 aliphatic rings. The molecule has 0 amide bonds. The summed E-state index contributed by atoms with van der Waals surface area (Å²) in [6.07, 6.45) is 5.17. The van der Waals surface area contributed by atoms with Crippen molar-refractivity contribution in [3.63, 3.8) is 0 Å². The van der Waals surface area contributed by atoms with Gasteiger partial charge in [0.25, 0.3) is 0 Å². The van der Waals surface area contributed by atoms with Crippen LogP contribution in [0.5, 0.6) is 0 Å². The maximum Gasteiger partial charge on any atom is 0.148 e. The molecule has 3 atom stereocenters. The highest BCUT2D eigenvalue weighted by atomic mass is 16.5. The van der Waals surface area contributed by atoms with E-state index in [1.54, 1.807) is 0 Å². The van der Waals surface area contributed by atoms with E-state index in [1.807, 2.05) is 17.9 Å². The van der Waals surface area contributed by atoms with Crippen LogP contribution in [-0.2, 0) is 27.4 Å². The van der Waals surface area contributed by atoms with Crippen molar-refractivity contribution >= 4 is 11.6 Å². The van der Waals surface area contributed by atoms with Gasteiger partial charge < -0.3 is 20.1 Å². The molecule has 0 radical (unpaired) electrons. The van der Waals surface area contributed by atoms with Crippen LogP contribution in [0.3, 0.4) is 0 Å². The van der Waals surface area contributed by atoms with Crippen LogP contribution in [-0.4, -0.2) is 53.3 Å². The Labute approximate surface area is 205 Å². The number of aromatic nitrogens is 3. The number of pyridine rings is 1. The molecular weight excluding hydrogens is 426 g/mol. The molecule has 4 rings (SSSR count). The zero-order chi connectivity index (χ0) is 24.5. The molecule has 188 valence electrons. The largest absolute Gasteiger partial charge is 0.379 e. The summed E-state index contributed by atoms with van der Waals surface area (Å²) in [5, 5.41) is 12.0. The Morgan fingerprint density at radius 3 is 2.41 bits per heavy atom. The second kappa shape index (κ2) is 9.86. The van der Waals surface area contributed by atoms with Crippen molar-refractivity contribution in [2.24, 2.45) is 13.0 Å². The first-order chi connectivity index (χ1) is 16.0. The minimum absolute atomic E-state index is 0.0122. The lowest BCUT2D eigenvalue weighted by molar-refractivity contribution is 0.0466. The number of hydrogen-bond acceptors (Lipinski definition) is 6. The van der Waals surface area contributed by atoms with Crippen molar-refractivity contribution < 1.29 is 9.47 Å². The predicted molar refractivity (Wildman–Crippen MR) is 138 cm³/mol. The second-order valence-corrected chi connectivity index (χ2v) is 11.8. The van der Waals surface area contributed by atoms with Crippen LogP contribution in [0.2, 0.25) is 0 Å². The van der Waals surface area contributed by atoms with E-state index in [0.717, 1.165) is 50.7 Å². The van der Waals surface area contributed by atoms with Crippen molar-refractivity contribution in [2.75, 3.05) is 37.1 Å². The van der Waals surface area contributed by atoms with Gasteiger partial charge in [-0.3, -0.25) is 4.68 Å². The molecule has 2 aromatic rings. The lowest BCUT2D eigenvalue weighted by Crippen LogP contribution is -2.41. The topological polar surface area (TPSA) is 73.2 Å². The lowest BCUT2D eigenvalue weighted by Gasteiger charge is -2.38. The molecule has 0 bridgehead atoms. The minimum atomic E-state index is 0.0122. The highest BCUT2D eigenvalue weighted by Gasteiger charge is 2.34. The van der Waals surface area contributed by atoms with E-state index in [2.05, 4.69) is 69.3 Å². The molecule has 3 unspecified atom stereocenters. The van der Waals surface area contributed by atoms with Gasteiger partial charge in [0.1, 0.15) is 11.6 Å². The maximum atomic E-state index is 5.90. The third kappa shape index (κ3) is 5.74. The van der Waals surface area contributed by atoms with Crippen LogP contribution in [0.25, 0.3) is 0 Å². The van der Waals surface area contributed by atoms with Crippen LogP contribution in [0.4, 0.5) is 11.6 Å². The van der Waals surface area contributed by atoms with Crippen molar-refractivity contribution in [3.8, 4) is 0 Å². The standard InChI is InChI=1S/C27H43N5O2/c1-18-15-28-24(29-20-9-11-33-16-20)12-21(18)27(5,6)14-19-8-10-34-17-22(19)30-25-13-23(26(2,3)4)32(7)31-25/h12-13,15,19-20,22H,8-11,14,16-17H2,1-7H3,(H,28,29)(H,30,31). The van der Waals surface area contributed by atoms with E-state index in [4.69, 9.17) is 14.6 Å². The number of nitrogens with one attached hydrogen (secondary N) is 2. The SMILES string of the molecule is Cc1cnc(NC2CCOC2)cc1C(C)(C)CC1CCOCC1Nc1cc(C(C)(C)C)n(C)n1. The fourth-order valence-corrected chi connectivity index (χ4v) is 5.57. The summed E-state index contributed by atoms with van der Waals surface area (Å²) in [4.78, 5) is 4.65. The Bertz CT molecular complexity index is 972. The number of ether oxygens (including phenoxy) is 2. The smallest absolute Gasteiger partial charge is 0.148 e. The van der Waals surface area contributed by atoms with Crippen molar-refractivity contribution in [1.82, 2.24) is 14.8 Å². The van der Waals surface area contributed by atoms with E-state index < -0.39 is 0 Å². The predicted octanol–water partition coefficient (Wildman–Crippen LogP) is 4.81. The minimum Gasteiger partial charge on any atom is -0.379 e. The van der Waals surface area contributed by atoms with Gasteiger partial charge >= 0.3 is 0 Å². The average molecular weight is 470 g/mol. The summed E-state index contributed by atoms with van der Waals surface area (Å²) >= 11 is 0. The van der Waals surface area contributed by atoms with Crippen molar-refractivity contribution in [1.29, 1.82) is 0 Å². The maximum absolute atomic E-state index is 5.90. The monoisotopic (exact) mass is 469 g/mol. The fraction of sp³-hybridized carbons (Fsp3) is 0.704. The van der Waals surface area contributed by atoms with E-state index in [1.165, 1.54) is 16.8 Å². The first kappa shape index (κ1) is 25.0. The average Bonchev–Trinajstić information content (AvgIpc) is 3.40. The number of hydrogen-bond donors (Lipinski definition) is 2. The summed E-state index contributed by atoms with van der Waals surface area (Å²) in [5.74, 6) is 2.39. The molecule has 4 heterocycles. The Morgan fingerprint density at radius 2 is 1.74 bits per heavy atom. The van der Waals surface area contributed by atoms with Crippen LogP contribution >= 0.6 is 0 Å². The molecule has 7 nitrogen and oxygen atoms in total. The number of aryl methyl sites for hydroxylation is 2. The third-order valence-electron chi connectivity index (χ3n) is 7.37. The summed E-state index contributed by atoms with van der Waals surface area (Å²) < 4.78 is 13.4. The zero-order valence-electron chi connectivity index (χ0n) is 22.1. The summed E-state index contributed by atoms with van der Waals surface area (Å²) in [6.45, 7) is 16.7. The van der Waals surface area contributed by atoms with E-state index in [9.17, 15) is 0 Å². The van der Waals surface area contributed by atoms with Gasteiger partial charge in [0.15, 0.2) is 0 Å². The van der Waals surface area contributed by atoms with Gasteiger partial charge in [-0.05, 0) is 54.7 Å².